The second kappa shape index (κ2) is 4.49. The fraction of sp³-hybridized carbons (Fsp3) is 0.600. The maximum Gasteiger partial charge on any atom is 0.0666 e. The first-order chi connectivity index (χ1) is 6.36. The Labute approximate surface area is 87.2 Å². The zero-order valence-electron chi connectivity index (χ0n) is 7.48. The van der Waals surface area contributed by atoms with Crippen molar-refractivity contribution >= 4 is 23.1 Å². The Kier molecular flexibility index (Phi) is 3.30. The van der Waals surface area contributed by atoms with E-state index in [0.29, 0.717) is 5.92 Å². The summed E-state index contributed by atoms with van der Waals surface area (Å²) in [7, 11) is 0. The van der Waals surface area contributed by atoms with Gasteiger partial charge in [-0.3, -0.25) is 0 Å². The van der Waals surface area contributed by atoms with Gasteiger partial charge in [0.2, 0.25) is 0 Å². The summed E-state index contributed by atoms with van der Waals surface area (Å²) in [5.74, 6) is 2.62. The van der Waals surface area contributed by atoms with Crippen LogP contribution in [0, 0.1) is 5.92 Å². The van der Waals surface area contributed by atoms with E-state index in [9.17, 15) is 5.11 Å². The molecule has 1 saturated heterocycles. The highest BCUT2D eigenvalue weighted by Crippen LogP contribution is 2.28. The third-order valence-corrected chi connectivity index (χ3v) is 4.52. The molecular weight excluding hydrogens is 200 g/mol. The van der Waals surface area contributed by atoms with Crippen LogP contribution < -0.4 is 0 Å². The lowest BCUT2D eigenvalue weighted by Crippen LogP contribution is -2.18. The molecule has 2 rings (SSSR count). The molecule has 0 aliphatic carbocycles. The number of rotatable bonds is 3. The van der Waals surface area contributed by atoms with Gasteiger partial charge >= 0.3 is 0 Å². The molecule has 1 aromatic rings. The Hall–Kier alpha value is 0.01000. The molecule has 0 bridgehead atoms. The smallest absolute Gasteiger partial charge is 0.0666 e. The highest BCUT2D eigenvalue weighted by atomic mass is 32.2. The van der Waals surface area contributed by atoms with Crippen molar-refractivity contribution in [2.75, 3.05) is 11.5 Å². The number of hydrogen-bond acceptors (Lipinski definition) is 3. The van der Waals surface area contributed by atoms with Gasteiger partial charge in [0.15, 0.2) is 0 Å². The van der Waals surface area contributed by atoms with Gasteiger partial charge in [0.25, 0.3) is 0 Å². The van der Waals surface area contributed by atoms with Crippen LogP contribution in [-0.2, 0) is 6.42 Å². The predicted molar refractivity (Wildman–Crippen MR) is 59.5 cm³/mol. The quantitative estimate of drug-likeness (QED) is 0.834. The van der Waals surface area contributed by atoms with E-state index >= 15 is 0 Å². The average Bonchev–Trinajstić information content (AvgIpc) is 2.72. The Balaban J connectivity index is 1.79. The topological polar surface area (TPSA) is 20.2 Å². The largest absolute Gasteiger partial charge is 0.392 e. The Morgan fingerprint density at radius 2 is 2.38 bits per heavy atom. The van der Waals surface area contributed by atoms with Crippen LogP contribution in [0.2, 0.25) is 0 Å². The number of aryl methyl sites for hydroxylation is 1. The maximum absolute atomic E-state index is 9.60. The van der Waals surface area contributed by atoms with E-state index in [0.717, 1.165) is 24.3 Å². The van der Waals surface area contributed by atoms with Gasteiger partial charge in [-0.15, -0.1) is 0 Å². The zero-order valence-corrected chi connectivity index (χ0v) is 9.11. The van der Waals surface area contributed by atoms with Crippen molar-refractivity contribution in [3.8, 4) is 0 Å². The summed E-state index contributed by atoms with van der Waals surface area (Å²) in [6, 6.07) is 2.18. The van der Waals surface area contributed by atoms with E-state index in [-0.39, 0.29) is 6.10 Å². The Morgan fingerprint density at radius 3 is 3.00 bits per heavy atom. The van der Waals surface area contributed by atoms with E-state index in [2.05, 4.69) is 16.8 Å². The van der Waals surface area contributed by atoms with Crippen molar-refractivity contribution in [2.45, 2.75) is 18.9 Å². The minimum absolute atomic E-state index is 0.0522. The maximum atomic E-state index is 9.60. The van der Waals surface area contributed by atoms with E-state index in [4.69, 9.17) is 0 Å². The molecule has 0 aromatic carbocycles. The summed E-state index contributed by atoms with van der Waals surface area (Å²) in [6.07, 6.45) is 2.22. The van der Waals surface area contributed by atoms with Crippen molar-refractivity contribution in [1.29, 1.82) is 0 Å². The summed E-state index contributed by atoms with van der Waals surface area (Å²) < 4.78 is 0. The van der Waals surface area contributed by atoms with Crippen LogP contribution in [0.5, 0.6) is 0 Å². The molecular formula is C10H14OS2. The number of thioether (sulfide) groups is 1. The fourth-order valence-electron chi connectivity index (χ4n) is 1.65. The summed E-state index contributed by atoms with van der Waals surface area (Å²) >= 11 is 3.64. The van der Waals surface area contributed by atoms with Crippen molar-refractivity contribution < 1.29 is 5.11 Å². The molecule has 1 aliphatic rings. The molecule has 1 N–H and O–H groups in total. The summed E-state index contributed by atoms with van der Waals surface area (Å²) in [6.45, 7) is 0. The van der Waals surface area contributed by atoms with E-state index in [1.54, 1.807) is 11.3 Å². The number of hydrogen-bond donors (Lipinski definition) is 1. The molecule has 72 valence electrons. The second-order valence-corrected chi connectivity index (χ2v) is 5.39. The van der Waals surface area contributed by atoms with Crippen molar-refractivity contribution in [3.05, 3.63) is 22.4 Å². The van der Waals surface area contributed by atoms with Crippen LogP contribution in [-0.4, -0.2) is 22.7 Å². The Morgan fingerprint density at radius 1 is 1.46 bits per heavy atom. The molecule has 13 heavy (non-hydrogen) atoms. The number of aliphatic hydroxyl groups is 1. The van der Waals surface area contributed by atoms with Gasteiger partial charge in [0.1, 0.15) is 0 Å². The fourth-order valence-corrected chi connectivity index (χ4v) is 3.69. The van der Waals surface area contributed by atoms with E-state index in [1.165, 1.54) is 5.56 Å². The highest BCUT2D eigenvalue weighted by molar-refractivity contribution is 7.99. The molecule has 1 fully saturated rings. The molecule has 0 amide bonds. The van der Waals surface area contributed by atoms with Crippen LogP contribution >= 0.6 is 23.1 Å². The summed E-state index contributed by atoms with van der Waals surface area (Å²) in [5, 5.41) is 13.9. The SMILES string of the molecule is OC1CSCC1CCc1ccsc1. The van der Waals surface area contributed by atoms with Crippen LogP contribution in [0.15, 0.2) is 16.8 Å². The van der Waals surface area contributed by atoms with Gasteiger partial charge in [-0.25, -0.2) is 0 Å². The normalized spacial score (nSPS) is 28.1. The Bertz CT molecular complexity index is 245. The molecule has 1 aromatic heterocycles. The standard InChI is InChI=1S/C10H14OS2/c11-10-7-13-6-9(10)2-1-8-3-4-12-5-8/h3-5,9-11H,1-2,6-7H2. The van der Waals surface area contributed by atoms with Gasteiger partial charge in [0, 0.05) is 5.75 Å². The molecule has 0 radical (unpaired) electrons. The van der Waals surface area contributed by atoms with Gasteiger partial charge in [0.05, 0.1) is 6.10 Å². The minimum Gasteiger partial charge on any atom is -0.392 e. The lowest BCUT2D eigenvalue weighted by atomic mass is 9.98. The summed E-state index contributed by atoms with van der Waals surface area (Å²) in [4.78, 5) is 0. The minimum atomic E-state index is -0.0522. The highest BCUT2D eigenvalue weighted by Gasteiger charge is 2.24. The molecule has 0 spiro atoms. The van der Waals surface area contributed by atoms with Gasteiger partial charge in [-0.1, -0.05) is 0 Å². The van der Waals surface area contributed by atoms with Crippen LogP contribution in [0.4, 0.5) is 0 Å². The molecule has 1 aliphatic heterocycles. The number of aliphatic hydroxyl groups excluding tert-OH is 1. The molecule has 1 nitrogen and oxygen atoms in total. The first-order valence-electron chi connectivity index (χ1n) is 4.63. The van der Waals surface area contributed by atoms with Crippen molar-refractivity contribution in [2.24, 2.45) is 5.92 Å². The second-order valence-electron chi connectivity index (χ2n) is 3.54. The molecule has 2 heterocycles. The molecule has 3 heteroatoms. The lowest BCUT2D eigenvalue weighted by molar-refractivity contribution is 0.145. The lowest BCUT2D eigenvalue weighted by Gasteiger charge is -2.11. The predicted octanol–water partition coefficient (Wildman–Crippen LogP) is 2.40. The van der Waals surface area contributed by atoms with Gasteiger partial charge < -0.3 is 5.11 Å². The monoisotopic (exact) mass is 214 g/mol. The summed E-state index contributed by atoms with van der Waals surface area (Å²) in [5.41, 5.74) is 1.43. The molecule has 2 atom stereocenters. The van der Waals surface area contributed by atoms with Crippen molar-refractivity contribution in [3.63, 3.8) is 0 Å². The first kappa shape index (κ1) is 9.56. The van der Waals surface area contributed by atoms with E-state index in [1.807, 2.05) is 11.8 Å². The zero-order chi connectivity index (χ0) is 9.10. The first-order valence-corrected chi connectivity index (χ1v) is 6.73. The third kappa shape index (κ3) is 2.48. The van der Waals surface area contributed by atoms with Crippen LogP contribution in [0.1, 0.15) is 12.0 Å². The van der Waals surface area contributed by atoms with Crippen molar-refractivity contribution in [1.82, 2.24) is 0 Å². The van der Waals surface area contributed by atoms with E-state index < -0.39 is 0 Å². The molecule has 2 unspecified atom stereocenters. The van der Waals surface area contributed by atoms with Gasteiger partial charge in [-0.05, 0) is 46.9 Å². The third-order valence-electron chi connectivity index (χ3n) is 2.55. The number of thiophene rings is 1. The molecule has 0 saturated carbocycles. The van der Waals surface area contributed by atoms with Gasteiger partial charge in [-0.2, -0.15) is 23.1 Å². The van der Waals surface area contributed by atoms with Crippen LogP contribution in [0.3, 0.4) is 0 Å². The average molecular weight is 214 g/mol. The van der Waals surface area contributed by atoms with Crippen LogP contribution in [0.25, 0.3) is 0 Å².